The molecule has 1 unspecified atom stereocenters. The summed E-state index contributed by atoms with van der Waals surface area (Å²) in [6.45, 7) is 6.17. The Bertz CT molecular complexity index is 739. The summed E-state index contributed by atoms with van der Waals surface area (Å²) >= 11 is 1.59. The Morgan fingerprint density at radius 3 is 2.68 bits per heavy atom. The largest absolute Gasteiger partial charge is 0.322 e. The summed E-state index contributed by atoms with van der Waals surface area (Å²) in [5.74, 6) is 0.810. The van der Waals surface area contributed by atoms with Gasteiger partial charge < -0.3 is 5.73 Å². The maximum Gasteiger partial charge on any atom is 0.216 e. The Kier molecular flexibility index (Phi) is 2.88. The summed E-state index contributed by atoms with van der Waals surface area (Å²) < 4.78 is 2.06. The number of nitrogens with zero attached hydrogens (tertiary/aromatic N) is 3. The first kappa shape index (κ1) is 12.3. The molecule has 98 valence electrons. The van der Waals surface area contributed by atoms with Crippen molar-refractivity contribution in [2.75, 3.05) is 0 Å². The van der Waals surface area contributed by atoms with Crippen LogP contribution in [-0.2, 0) is 0 Å². The Labute approximate surface area is 115 Å². The molecule has 5 heteroatoms. The van der Waals surface area contributed by atoms with Crippen LogP contribution >= 0.6 is 11.3 Å². The number of aryl methyl sites for hydroxylation is 2. The number of thiazole rings is 1. The molecule has 1 atom stereocenters. The van der Waals surface area contributed by atoms with Crippen molar-refractivity contribution < 1.29 is 0 Å². The predicted molar refractivity (Wildman–Crippen MR) is 78.4 cm³/mol. The first-order valence-corrected chi connectivity index (χ1v) is 7.11. The fraction of sp³-hybridized carbons (Fsp3) is 0.286. The maximum absolute atomic E-state index is 5.97. The molecule has 0 aliphatic carbocycles. The van der Waals surface area contributed by atoms with Crippen LogP contribution in [0.5, 0.6) is 0 Å². The van der Waals surface area contributed by atoms with Gasteiger partial charge in [-0.1, -0.05) is 12.1 Å². The lowest BCUT2D eigenvalue weighted by atomic mass is 10.0. The van der Waals surface area contributed by atoms with Crippen molar-refractivity contribution in [1.29, 1.82) is 0 Å². The second-order valence-electron chi connectivity index (χ2n) is 4.88. The molecular weight excluding hydrogens is 256 g/mol. The third-order valence-electron chi connectivity index (χ3n) is 3.39. The lowest BCUT2D eigenvalue weighted by Gasteiger charge is -2.07. The van der Waals surface area contributed by atoms with Crippen molar-refractivity contribution in [3.05, 3.63) is 40.5 Å². The normalized spacial score (nSPS) is 13.1. The fourth-order valence-electron chi connectivity index (χ4n) is 2.14. The summed E-state index contributed by atoms with van der Waals surface area (Å²) in [7, 11) is 0. The Morgan fingerprint density at radius 1 is 1.21 bits per heavy atom. The van der Waals surface area contributed by atoms with Crippen LogP contribution in [0.25, 0.3) is 16.2 Å². The number of hydrogen-bond acceptors (Lipinski definition) is 4. The number of fused-ring (bicyclic) bond motifs is 1. The highest BCUT2D eigenvalue weighted by molar-refractivity contribution is 7.15. The van der Waals surface area contributed by atoms with Gasteiger partial charge in [0, 0.05) is 5.38 Å². The monoisotopic (exact) mass is 272 g/mol. The van der Waals surface area contributed by atoms with Gasteiger partial charge in [0.15, 0.2) is 5.82 Å². The zero-order valence-electron chi connectivity index (χ0n) is 11.2. The van der Waals surface area contributed by atoms with Crippen LogP contribution in [0, 0.1) is 13.8 Å². The highest BCUT2D eigenvalue weighted by atomic mass is 32.1. The van der Waals surface area contributed by atoms with Crippen molar-refractivity contribution in [3.63, 3.8) is 0 Å². The van der Waals surface area contributed by atoms with Gasteiger partial charge in [-0.3, -0.25) is 4.40 Å². The molecule has 0 fully saturated rings. The quantitative estimate of drug-likeness (QED) is 0.780. The van der Waals surface area contributed by atoms with Gasteiger partial charge in [0.2, 0.25) is 4.96 Å². The summed E-state index contributed by atoms with van der Waals surface area (Å²) in [6, 6.07) is 6.34. The minimum absolute atomic E-state index is 0.130. The molecule has 3 rings (SSSR count). The Hall–Kier alpha value is -1.72. The molecule has 2 aromatic heterocycles. The minimum atomic E-state index is -0.130. The minimum Gasteiger partial charge on any atom is -0.322 e. The summed E-state index contributed by atoms with van der Waals surface area (Å²) in [5.41, 5.74) is 10.8. The smallest absolute Gasteiger partial charge is 0.216 e. The van der Waals surface area contributed by atoms with Gasteiger partial charge in [-0.15, -0.1) is 21.5 Å². The van der Waals surface area contributed by atoms with Crippen molar-refractivity contribution in [2.45, 2.75) is 26.8 Å². The number of aromatic nitrogens is 3. The van der Waals surface area contributed by atoms with Gasteiger partial charge in [0.25, 0.3) is 0 Å². The van der Waals surface area contributed by atoms with Crippen LogP contribution in [0.3, 0.4) is 0 Å². The number of hydrogen-bond donors (Lipinski definition) is 1. The predicted octanol–water partition coefficient (Wildman–Crippen LogP) is 3.09. The van der Waals surface area contributed by atoms with Gasteiger partial charge in [0.05, 0.1) is 11.7 Å². The zero-order valence-corrected chi connectivity index (χ0v) is 12.0. The lowest BCUT2D eigenvalue weighted by Crippen LogP contribution is -2.10. The highest BCUT2D eigenvalue weighted by Gasteiger charge is 2.15. The molecule has 0 bridgehead atoms. The Balaban J connectivity index is 2.24. The van der Waals surface area contributed by atoms with Crippen molar-refractivity contribution in [1.82, 2.24) is 14.6 Å². The second kappa shape index (κ2) is 4.43. The van der Waals surface area contributed by atoms with E-state index in [0.717, 1.165) is 16.5 Å². The van der Waals surface area contributed by atoms with Gasteiger partial charge in [-0.2, -0.15) is 0 Å². The van der Waals surface area contributed by atoms with Crippen LogP contribution in [0.1, 0.15) is 29.9 Å². The molecule has 0 spiro atoms. The molecule has 4 nitrogen and oxygen atoms in total. The topological polar surface area (TPSA) is 56.2 Å². The highest BCUT2D eigenvalue weighted by Crippen LogP contribution is 2.29. The van der Waals surface area contributed by atoms with E-state index in [1.807, 2.05) is 6.92 Å². The number of nitrogens with two attached hydrogens (primary N) is 1. The van der Waals surface area contributed by atoms with E-state index in [2.05, 4.69) is 52.0 Å². The fourth-order valence-corrected chi connectivity index (χ4v) is 2.98. The average molecular weight is 272 g/mol. The second-order valence-corrected chi connectivity index (χ2v) is 5.72. The van der Waals surface area contributed by atoms with Gasteiger partial charge in [0.1, 0.15) is 0 Å². The van der Waals surface area contributed by atoms with Crippen molar-refractivity contribution >= 4 is 16.3 Å². The molecule has 0 aliphatic heterocycles. The molecule has 0 amide bonds. The van der Waals surface area contributed by atoms with Crippen LogP contribution in [0.4, 0.5) is 0 Å². The van der Waals surface area contributed by atoms with E-state index in [4.69, 9.17) is 5.73 Å². The first-order valence-electron chi connectivity index (χ1n) is 6.23. The molecule has 0 saturated heterocycles. The summed E-state index contributed by atoms with van der Waals surface area (Å²) in [5, 5.41) is 10.5. The molecule has 2 N–H and O–H groups in total. The average Bonchev–Trinajstić information content (AvgIpc) is 2.93. The molecular formula is C14H16N4S. The zero-order chi connectivity index (χ0) is 13.6. The van der Waals surface area contributed by atoms with E-state index >= 15 is 0 Å². The molecule has 2 heterocycles. The van der Waals surface area contributed by atoms with Crippen LogP contribution in [0.2, 0.25) is 0 Å². The maximum atomic E-state index is 5.97. The number of rotatable bonds is 2. The third kappa shape index (κ3) is 1.95. The van der Waals surface area contributed by atoms with Gasteiger partial charge in [-0.05, 0) is 43.5 Å². The van der Waals surface area contributed by atoms with Crippen molar-refractivity contribution in [3.8, 4) is 11.3 Å². The molecule has 0 aliphatic rings. The van der Waals surface area contributed by atoms with E-state index in [0.29, 0.717) is 0 Å². The first-order chi connectivity index (χ1) is 9.08. The van der Waals surface area contributed by atoms with E-state index in [-0.39, 0.29) is 6.04 Å². The van der Waals surface area contributed by atoms with E-state index < -0.39 is 0 Å². The molecule has 3 aromatic rings. The van der Waals surface area contributed by atoms with Crippen LogP contribution in [-0.4, -0.2) is 14.6 Å². The van der Waals surface area contributed by atoms with E-state index in [9.17, 15) is 0 Å². The SMILES string of the molecule is Cc1ccc(-c2csc3nnc(C(C)N)n23)cc1C. The molecule has 1 aromatic carbocycles. The van der Waals surface area contributed by atoms with Crippen LogP contribution < -0.4 is 5.73 Å². The summed E-state index contributed by atoms with van der Waals surface area (Å²) in [6.07, 6.45) is 0. The van der Waals surface area contributed by atoms with E-state index in [1.165, 1.54) is 16.7 Å². The molecule has 19 heavy (non-hydrogen) atoms. The third-order valence-corrected chi connectivity index (χ3v) is 4.20. The van der Waals surface area contributed by atoms with E-state index in [1.54, 1.807) is 11.3 Å². The lowest BCUT2D eigenvalue weighted by molar-refractivity contribution is 0.729. The Morgan fingerprint density at radius 2 is 2.00 bits per heavy atom. The van der Waals surface area contributed by atoms with Crippen LogP contribution in [0.15, 0.2) is 23.6 Å². The van der Waals surface area contributed by atoms with Gasteiger partial charge in [-0.25, -0.2) is 0 Å². The van der Waals surface area contributed by atoms with Crippen molar-refractivity contribution in [2.24, 2.45) is 5.73 Å². The van der Waals surface area contributed by atoms with Gasteiger partial charge >= 0.3 is 0 Å². The molecule has 0 radical (unpaired) electrons. The molecule has 0 saturated carbocycles. The number of benzene rings is 1. The summed E-state index contributed by atoms with van der Waals surface area (Å²) in [4.78, 5) is 0.889. The standard InChI is InChI=1S/C14H16N4S/c1-8-4-5-11(6-9(8)2)12-7-19-14-17-16-13(10(3)15)18(12)14/h4-7,10H,15H2,1-3H3.